The van der Waals surface area contributed by atoms with Crippen LogP contribution in [0.2, 0.25) is 0 Å². The van der Waals surface area contributed by atoms with Gasteiger partial charge in [-0.15, -0.1) is 12.6 Å². The smallest absolute Gasteiger partial charge is 0.00465 e. The van der Waals surface area contributed by atoms with E-state index in [2.05, 4.69) is 232 Å². The molecule has 360 valence electrons. The summed E-state index contributed by atoms with van der Waals surface area (Å²) in [5.41, 5.74) is 18.5. The second kappa shape index (κ2) is 27.9. The van der Waals surface area contributed by atoms with E-state index in [9.17, 15) is 0 Å². The number of rotatable bonds is 11. The predicted octanol–water partition coefficient (Wildman–Crippen LogP) is 20.6. The maximum absolute atomic E-state index is 4.77. The van der Waals surface area contributed by atoms with Gasteiger partial charge in [-0.05, 0) is 222 Å². The standard InChI is InChI=1S/C60H58S.2C2H6.2CH4S/c1-9-44(34-41(6)59-55-29-24-38(3)31-49(55)35-47-26-23-40(5)33-57(47)59)53-21-15-13-18-45(53)17-11-12-19-46-20-14-16-22-54(46)52(10-2)42(7)43(8)60-56-30-25-39(4)32-50(56)36-48-27-28-51(61)37-58(48)60;4*1-2/h9-10,13-16,18,20-37,61H,11-12,17,19H2,1-8H3;2*1-2H3;2*2H,1H3/b41-34+,43-42+,44-9+,52-10+;;;;. The van der Waals surface area contributed by atoms with Gasteiger partial charge in [0.25, 0.3) is 0 Å². The van der Waals surface area contributed by atoms with Crippen molar-refractivity contribution in [3.63, 3.8) is 0 Å². The Morgan fingerprint density at radius 3 is 1.48 bits per heavy atom. The highest BCUT2D eigenvalue weighted by Crippen LogP contribution is 2.40. The van der Waals surface area contributed by atoms with Crippen LogP contribution in [0.1, 0.15) is 125 Å². The minimum Gasteiger partial charge on any atom is -0.183 e. The van der Waals surface area contributed by atoms with Crippen LogP contribution in [0.4, 0.5) is 0 Å². The van der Waals surface area contributed by atoms with Gasteiger partial charge in [0.05, 0.1) is 0 Å². The van der Waals surface area contributed by atoms with Crippen molar-refractivity contribution in [1.82, 2.24) is 0 Å². The lowest BCUT2D eigenvalue weighted by molar-refractivity contribution is 0.732. The molecule has 0 amide bonds. The number of fused-ring (bicyclic) bond motifs is 4. The van der Waals surface area contributed by atoms with Gasteiger partial charge in [0.2, 0.25) is 0 Å². The SMILES string of the molecule is C/C=C(\C(C)=C(/C)c1c2ccc(C)cc2cc2ccc(S)cc12)c1ccccc1CCCCc1ccccc1C(=C/C)/C=C(\C)c1c2ccc(C)cc2cc2ccc(C)cc12.CC.CC.CS.CS. The van der Waals surface area contributed by atoms with Crippen LogP contribution in [0.3, 0.4) is 0 Å². The second-order valence-electron chi connectivity index (χ2n) is 17.1. The Balaban J connectivity index is 0.00000123. The molecular weight excluding hydrogens is 889 g/mol. The van der Waals surface area contributed by atoms with Crippen LogP contribution in [-0.2, 0) is 12.8 Å². The first kappa shape index (κ1) is 56.4. The lowest BCUT2D eigenvalue weighted by Crippen LogP contribution is -1.99. The van der Waals surface area contributed by atoms with Gasteiger partial charge in [-0.25, -0.2) is 0 Å². The van der Waals surface area contributed by atoms with Gasteiger partial charge < -0.3 is 0 Å². The van der Waals surface area contributed by atoms with Crippen LogP contribution in [0.5, 0.6) is 0 Å². The molecule has 0 spiro atoms. The fourth-order valence-electron chi connectivity index (χ4n) is 9.65. The van der Waals surface area contributed by atoms with Crippen LogP contribution < -0.4 is 0 Å². The van der Waals surface area contributed by atoms with E-state index < -0.39 is 0 Å². The highest BCUT2D eigenvalue weighted by Gasteiger charge is 2.17. The van der Waals surface area contributed by atoms with E-state index in [1.165, 1.54) is 121 Å². The van der Waals surface area contributed by atoms with Gasteiger partial charge in [-0.1, -0.05) is 172 Å². The molecule has 0 aliphatic heterocycles. The Bertz CT molecular complexity index is 3120. The second-order valence-corrected chi connectivity index (χ2v) is 17.6. The van der Waals surface area contributed by atoms with Crippen LogP contribution in [0, 0.1) is 20.8 Å². The molecule has 69 heavy (non-hydrogen) atoms. The van der Waals surface area contributed by atoms with E-state index in [1.807, 2.05) is 27.7 Å². The van der Waals surface area contributed by atoms with Crippen LogP contribution in [0.25, 0.3) is 65.4 Å². The fraction of sp³-hybridized carbons (Fsp3) is 0.273. The molecule has 0 saturated heterocycles. The van der Waals surface area contributed by atoms with E-state index in [0.717, 1.165) is 30.6 Å². The molecule has 0 unspecified atom stereocenters. The molecular formula is C66H78S3. The molecule has 0 atom stereocenters. The highest BCUT2D eigenvalue weighted by molar-refractivity contribution is 7.80. The highest BCUT2D eigenvalue weighted by atomic mass is 32.1. The zero-order valence-electron chi connectivity index (χ0n) is 44.1. The summed E-state index contributed by atoms with van der Waals surface area (Å²) in [5.74, 6) is 0. The summed E-state index contributed by atoms with van der Waals surface area (Å²) >= 11 is 11.8. The van der Waals surface area contributed by atoms with Crippen LogP contribution >= 0.6 is 37.9 Å². The van der Waals surface area contributed by atoms with Gasteiger partial charge in [-0.2, -0.15) is 25.3 Å². The summed E-state index contributed by atoms with van der Waals surface area (Å²) in [5, 5.41) is 10.3. The molecule has 0 saturated carbocycles. The quantitative estimate of drug-likeness (QED) is 0.0489. The summed E-state index contributed by atoms with van der Waals surface area (Å²) in [6.45, 7) is 25.8. The molecule has 0 fully saturated rings. The first-order chi connectivity index (χ1) is 33.5. The number of benzene rings is 8. The third-order valence-corrected chi connectivity index (χ3v) is 13.1. The minimum absolute atomic E-state index is 0.984. The number of thiol groups is 3. The molecule has 0 bridgehead atoms. The average Bonchev–Trinajstić information content (AvgIpc) is 3.38. The molecule has 0 aliphatic rings. The number of allylic oxidation sites excluding steroid dienone is 8. The van der Waals surface area contributed by atoms with Gasteiger partial charge in [0, 0.05) is 4.90 Å². The summed E-state index contributed by atoms with van der Waals surface area (Å²) in [4.78, 5) is 0.984. The summed E-state index contributed by atoms with van der Waals surface area (Å²) in [7, 11) is 0. The lowest BCUT2D eigenvalue weighted by Gasteiger charge is -2.19. The molecule has 0 radical (unpaired) electrons. The van der Waals surface area contributed by atoms with Gasteiger partial charge in [-0.3, -0.25) is 0 Å². The summed E-state index contributed by atoms with van der Waals surface area (Å²) in [6, 6.07) is 49.9. The van der Waals surface area contributed by atoms with Crippen molar-refractivity contribution in [3.8, 4) is 0 Å². The van der Waals surface area contributed by atoms with Crippen molar-refractivity contribution >= 4 is 103 Å². The first-order valence-electron chi connectivity index (χ1n) is 24.9. The lowest BCUT2D eigenvalue weighted by atomic mass is 9.85. The van der Waals surface area contributed by atoms with E-state index >= 15 is 0 Å². The Morgan fingerprint density at radius 1 is 0.464 bits per heavy atom. The van der Waals surface area contributed by atoms with Crippen molar-refractivity contribution in [2.24, 2.45) is 0 Å². The van der Waals surface area contributed by atoms with Crippen LogP contribution in [-0.4, -0.2) is 12.5 Å². The number of hydrogen-bond donors (Lipinski definition) is 3. The van der Waals surface area contributed by atoms with E-state index in [0.29, 0.717) is 0 Å². The Kier molecular flexibility index (Phi) is 22.8. The molecule has 0 N–H and O–H groups in total. The number of aryl methyl sites for hydroxylation is 5. The zero-order chi connectivity index (χ0) is 50.8. The van der Waals surface area contributed by atoms with Crippen molar-refractivity contribution in [1.29, 1.82) is 0 Å². The van der Waals surface area contributed by atoms with Gasteiger partial charge >= 0.3 is 0 Å². The number of unbranched alkanes of at least 4 members (excludes halogenated alkanes) is 1. The molecule has 8 aromatic rings. The zero-order valence-corrected chi connectivity index (χ0v) is 46.8. The molecule has 0 nitrogen and oxygen atoms in total. The van der Waals surface area contributed by atoms with Crippen LogP contribution in [0.15, 0.2) is 162 Å². The molecule has 0 heterocycles. The molecule has 3 heteroatoms. The normalized spacial score (nSPS) is 12.0. The topological polar surface area (TPSA) is 0 Å². The summed E-state index contributed by atoms with van der Waals surface area (Å²) in [6.07, 6.45) is 14.7. The Hall–Kier alpha value is -5.19. The van der Waals surface area contributed by atoms with E-state index in [4.69, 9.17) is 12.6 Å². The first-order valence-corrected chi connectivity index (χ1v) is 27.1. The minimum atomic E-state index is 0.984. The molecule has 0 aromatic heterocycles. The van der Waals surface area contributed by atoms with Gasteiger partial charge in [0.1, 0.15) is 0 Å². The third kappa shape index (κ3) is 13.4. The monoisotopic (exact) mass is 967 g/mol. The van der Waals surface area contributed by atoms with Crippen molar-refractivity contribution in [3.05, 3.63) is 207 Å². The predicted molar refractivity (Wildman–Crippen MR) is 326 cm³/mol. The van der Waals surface area contributed by atoms with Gasteiger partial charge in [0.15, 0.2) is 0 Å². The molecule has 8 rings (SSSR count). The van der Waals surface area contributed by atoms with Crippen molar-refractivity contribution < 1.29 is 0 Å². The molecule has 0 aliphatic carbocycles. The van der Waals surface area contributed by atoms with Crippen molar-refractivity contribution in [2.75, 3.05) is 12.5 Å². The summed E-state index contributed by atoms with van der Waals surface area (Å²) < 4.78 is 0. The average molecular weight is 968 g/mol. The largest absolute Gasteiger partial charge is 0.183 e. The fourth-order valence-corrected chi connectivity index (χ4v) is 9.85. The van der Waals surface area contributed by atoms with Crippen molar-refractivity contribution in [2.45, 2.75) is 114 Å². The molecule has 8 aromatic carbocycles. The van der Waals surface area contributed by atoms with E-state index in [-0.39, 0.29) is 0 Å². The Labute approximate surface area is 434 Å². The maximum atomic E-state index is 4.77. The van der Waals surface area contributed by atoms with E-state index in [1.54, 1.807) is 12.5 Å². The Morgan fingerprint density at radius 2 is 0.928 bits per heavy atom. The number of hydrogen-bond acceptors (Lipinski definition) is 3. The maximum Gasteiger partial charge on any atom is 0.00465 e. The third-order valence-electron chi connectivity index (χ3n) is 12.8.